The summed E-state index contributed by atoms with van der Waals surface area (Å²) < 4.78 is 0. The number of carbonyl (C=O) groups is 3. The lowest BCUT2D eigenvalue weighted by Gasteiger charge is -2.25. The van der Waals surface area contributed by atoms with Crippen LogP contribution in [0.2, 0.25) is 0 Å². The fourth-order valence-electron chi connectivity index (χ4n) is 2.06. The van der Waals surface area contributed by atoms with E-state index in [0.29, 0.717) is 24.9 Å². The van der Waals surface area contributed by atoms with E-state index in [1.54, 1.807) is 38.1 Å². The zero-order valence-corrected chi connectivity index (χ0v) is 13.6. The van der Waals surface area contributed by atoms with E-state index < -0.39 is 11.5 Å². The summed E-state index contributed by atoms with van der Waals surface area (Å²) in [5.41, 5.74) is 0.0368. The Bertz CT molecular complexity index is 541. The van der Waals surface area contributed by atoms with Crippen LogP contribution < -0.4 is 10.6 Å². The molecule has 6 nitrogen and oxygen atoms in total. The number of hydrogen-bond acceptors (Lipinski definition) is 3. The fraction of sp³-hybridized carbons (Fsp3) is 0.471. The summed E-state index contributed by atoms with van der Waals surface area (Å²) in [6, 6.07) is 8.89. The van der Waals surface area contributed by atoms with Crippen LogP contribution in [0.1, 0.15) is 49.9 Å². The van der Waals surface area contributed by atoms with E-state index >= 15 is 0 Å². The highest BCUT2D eigenvalue weighted by Gasteiger charge is 2.21. The lowest BCUT2D eigenvalue weighted by atomic mass is 9.98. The second-order valence-corrected chi connectivity index (χ2v) is 6.05. The molecule has 0 atom stereocenters. The Morgan fingerprint density at radius 2 is 1.74 bits per heavy atom. The first-order chi connectivity index (χ1) is 10.8. The summed E-state index contributed by atoms with van der Waals surface area (Å²) in [6.45, 7) is 4.01. The van der Waals surface area contributed by atoms with E-state index in [1.807, 2.05) is 6.07 Å². The number of carboxylic acid groups (broad SMARTS) is 1. The maximum Gasteiger partial charge on any atom is 0.303 e. The third-order valence-electron chi connectivity index (χ3n) is 3.34. The molecule has 0 spiro atoms. The van der Waals surface area contributed by atoms with Gasteiger partial charge in [-0.25, -0.2) is 0 Å². The second kappa shape index (κ2) is 8.92. The van der Waals surface area contributed by atoms with Gasteiger partial charge in [-0.2, -0.15) is 0 Å². The minimum absolute atomic E-state index is 0.0143. The Labute approximate surface area is 136 Å². The largest absolute Gasteiger partial charge is 0.481 e. The number of nitrogens with one attached hydrogen (secondary N) is 2. The van der Waals surface area contributed by atoms with E-state index in [2.05, 4.69) is 10.6 Å². The van der Waals surface area contributed by atoms with Gasteiger partial charge in [-0.05, 0) is 38.8 Å². The Balaban J connectivity index is 2.23. The van der Waals surface area contributed by atoms with Crippen molar-refractivity contribution in [3.63, 3.8) is 0 Å². The average Bonchev–Trinajstić information content (AvgIpc) is 2.50. The average molecular weight is 320 g/mol. The molecule has 0 aliphatic rings. The molecule has 0 heterocycles. The fourth-order valence-corrected chi connectivity index (χ4v) is 2.06. The number of rotatable bonds is 9. The Kier molecular flexibility index (Phi) is 7.25. The molecule has 0 aromatic heterocycles. The van der Waals surface area contributed by atoms with Crippen molar-refractivity contribution in [3.8, 4) is 0 Å². The van der Waals surface area contributed by atoms with Crippen molar-refractivity contribution < 1.29 is 19.5 Å². The molecule has 1 rings (SSSR count). The van der Waals surface area contributed by atoms with Crippen LogP contribution in [0.4, 0.5) is 0 Å². The second-order valence-electron chi connectivity index (χ2n) is 6.05. The summed E-state index contributed by atoms with van der Waals surface area (Å²) in [6.07, 6.45) is 1.20. The maximum atomic E-state index is 11.8. The standard InChI is InChI=1S/C17H24N2O4/c1-17(2,11-10-15(21)22)19-14(20)9-6-12-18-16(23)13-7-4-3-5-8-13/h3-5,7-8H,6,9-12H2,1-2H3,(H,18,23)(H,19,20)(H,21,22). The van der Waals surface area contributed by atoms with Crippen LogP contribution in [0.15, 0.2) is 30.3 Å². The quantitative estimate of drug-likeness (QED) is 0.606. The predicted octanol–water partition coefficient (Wildman–Crippen LogP) is 1.96. The molecule has 1 aromatic carbocycles. The van der Waals surface area contributed by atoms with Gasteiger partial charge in [-0.3, -0.25) is 14.4 Å². The SMILES string of the molecule is CC(C)(CCC(=O)O)NC(=O)CCCNC(=O)c1ccccc1. The first-order valence-electron chi connectivity index (χ1n) is 7.66. The van der Waals surface area contributed by atoms with E-state index in [9.17, 15) is 14.4 Å². The van der Waals surface area contributed by atoms with Crippen LogP contribution in [0, 0.1) is 0 Å². The van der Waals surface area contributed by atoms with Gasteiger partial charge >= 0.3 is 5.97 Å². The predicted molar refractivity (Wildman–Crippen MR) is 87.1 cm³/mol. The molecule has 6 heteroatoms. The monoisotopic (exact) mass is 320 g/mol. The van der Waals surface area contributed by atoms with Crippen molar-refractivity contribution in [1.82, 2.24) is 10.6 Å². The number of hydrogen-bond donors (Lipinski definition) is 3. The van der Waals surface area contributed by atoms with Crippen LogP contribution in [0.25, 0.3) is 0 Å². The molecule has 3 N–H and O–H groups in total. The van der Waals surface area contributed by atoms with Crippen molar-refractivity contribution in [1.29, 1.82) is 0 Å². The van der Waals surface area contributed by atoms with E-state index in [-0.39, 0.29) is 24.7 Å². The van der Waals surface area contributed by atoms with Gasteiger partial charge in [-0.15, -0.1) is 0 Å². The third kappa shape index (κ3) is 7.99. The molecule has 0 aliphatic heterocycles. The first-order valence-corrected chi connectivity index (χ1v) is 7.66. The van der Waals surface area contributed by atoms with Crippen LogP contribution in [0.3, 0.4) is 0 Å². The van der Waals surface area contributed by atoms with Gasteiger partial charge in [0.2, 0.25) is 5.91 Å². The number of carboxylic acids is 1. The molecule has 0 fully saturated rings. The van der Waals surface area contributed by atoms with Crippen molar-refractivity contribution in [2.24, 2.45) is 0 Å². The minimum Gasteiger partial charge on any atom is -0.481 e. The maximum absolute atomic E-state index is 11.8. The molecule has 1 aromatic rings. The lowest BCUT2D eigenvalue weighted by Crippen LogP contribution is -2.43. The molecular weight excluding hydrogens is 296 g/mol. The van der Waals surface area contributed by atoms with Crippen LogP contribution in [-0.2, 0) is 9.59 Å². The van der Waals surface area contributed by atoms with E-state index in [1.165, 1.54) is 0 Å². The summed E-state index contributed by atoms with van der Waals surface area (Å²) >= 11 is 0. The molecule has 0 saturated heterocycles. The van der Waals surface area contributed by atoms with Crippen molar-refractivity contribution >= 4 is 17.8 Å². The molecule has 0 aliphatic carbocycles. The number of benzene rings is 1. The van der Waals surface area contributed by atoms with Gasteiger partial charge in [0.25, 0.3) is 5.91 Å². The third-order valence-corrected chi connectivity index (χ3v) is 3.34. The minimum atomic E-state index is -0.879. The summed E-state index contributed by atoms with van der Waals surface area (Å²) in [5, 5.41) is 14.3. The summed E-state index contributed by atoms with van der Waals surface area (Å²) in [5.74, 6) is -1.18. The topological polar surface area (TPSA) is 95.5 Å². The Morgan fingerprint density at radius 3 is 2.35 bits per heavy atom. The van der Waals surface area contributed by atoms with E-state index in [4.69, 9.17) is 5.11 Å². The number of carbonyl (C=O) groups excluding carboxylic acids is 2. The summed E-state index contributed by atoms with van der Waals surface area (Å²) in [4.78, 5) is 34.2. The highest BCUT2D eigenvalue weighted by molar-refractivity contribution is 5.94. The Hall–Kier alpha value is -2.37. The van der Waals surface area contributed by atoms with Crippen molar-refractivity contribution in [2.75, 3.05) is 6.54 Å². The van der Waals surface area contributed by atoms with Gasteiger partial charge in [0.15, 0.2) is 0 Å². The van der Waals surface area contributed by atoms with Crippen LogP contribution in [-0.4, -0.2) is 35.0 Å². The summed E-state index contributed by atoms with van der Waals surface area (Å²) in [7, 11) is 0. The number of aliphatic carboxylic acids is 1. The number of amides is 2. The van der Waals surface area contributed by atoms with Crippen molar-refractivity contribution in [3.05, 3.63) is 35.9 Å². The van der Waals surface area contributed by atoms with Gasteiger partial charge in [0, 0.05) is 30.5 Å². The van der Waals surface area contributed by atoms with Crippen LogP contribution >= 0.6 is 0 Å². The lowest BCUT2D eigenvalue weighted by molar-refractivity contribution is -0.137. The zero-order valence-electron chi connectivity index (χ0n) is 13.6. The van der Waals surface area contributed by atoms with Crippen LogP contribution in [0.5, 0.6) is 0 Å². The van der Waals surface area contributed by atoms with Gasteiger partial charge in [0.05, 0.1) is 0 Å². The zero-order chi connectivity index (χ0) is 17.3. The van der Waals surface area contributed by atoms with Gasteiger partial charge in [0.1, 0.15) is 0 Å². The van der Waals surface area contributed by atoms with E-state index in [0.717, 1.165) is 0 Å². The first kappa shape index (κ1) is 18.7. The normalized spacial score (nSPS) is 10.9. The molecular formula is C17H24N2O4. The highest BCUT2D eigenvalue weighted by Crippen LogP contribution is 2.11. The highest BCUT2D eigenvalue weighted by atomic mass is 16.4. The molecule has 126 valence electrons. The molecule has 0 unspecified atom stereocenters. The smallest absolute Gasteiger partial charge is 0.303 e. The molecule has 23 heavy (non-hydrogen) atoms. The molecule has 0 bridgehead atoms. The molecule has 2 amide bonds. The molecule has 0 saturated carbocycles. The molecule has 0 radical (unpaired) electrons. The Morgan fingerprint density at radius 1 is 1.09 bits per heavy atom. The van der Waals surface area contributed by atoms with Gasteiger partial charge in [-0.1, -0.05) is 18.2 Å². The van der Waals surface area contributed by atoms with Crippen molar-refractivity contribution in [2.45, 2.75) is 45.1 Å². The van der Waals surface area contributed by atoms with Gasteiger partial charge < -0.3 is 15.7 Å².